The maximum atomic E-state index is 4.23. The van der Waals surface area contributed by atoms with Gasteiger partial charge in [0.05, 0.1) is 5.69 Å². The molecule has 3 aromatic rings. The summed E-state index contributed by atoms with van der Waals surface area (Å²) in [6, 6.07) is 10.4. The van der Waals surface area contributed by atoms with E-state index in [2.05, 4.69) is 51.8 Å². The average Bonchev–Trinajstić information content (AvgIpc) is 3.26. The van der Waals surface area contributed by atoms with Crippen molar-refractivity contribution >= 4 is 28.2 Å². The zero-order valence-corrected chi connectivity index (χ0v) is 14.6. The van der Waals surface area contributed by atoms with E-state index in [0.717, 1.165) is 33.9 Å². The molecule has 23 heavy (non-hydrogen) atoms. The van der Waals surface area contributed by atoms with Gasteiger partial charge in [-0.3, -0.25) is 0 Å². The molecule has 0 unspecified atom stereocenters. The van der Waals surface area contributed by atoms with Crippen molar-refractivity contribution in [2.75, 3.05) is 11.9 Å². The number of hydrogen-bond donors (Lipinski definition) is 1. The average molecular weight is 345 g/mol. The van der Waals surface area contributed by atoms with Crippen LogP contribution in [0.4, 0.5) is 5.13 Å². The second-order valence-electron chi connectivity index (χ2n) is 5.06. The normalized spacial score (nSPS) is 10.8. The predicted molar refractivity (Wildman–Crippen MR) is 96.4 cm³/mol. The van der Waals surface area contributed by atoms with E-state index in [1.807, 2.05) is 16.9 Å². The van der Waals surface area contributed by atoms with E-state index in [9.17, 15) is 0 Å². The van der Waals surface area contributed by atoms with E-state index >= 15 is 0 Å². The third kappa shape index (κ3) is 4.56. The van der Waals surface area contributed by atoms with Crippen LogP contribution in [0.2, 0.25) is 0 Å². The van der Waals surface area contributed by atoms with Crippen molar-refractivity contribution < 1.29 is 0 Å². The number of nitrogens with zero attached hydrogens (tertiary/aromatic N) is 4. The minimum atomic E-state index is 0.892. The Kier molecular flexibility index (Phi) is 5.65. The molecule has 3 rings (SSSR count). The molecule has 0 atom stereocenters. The van der Waals surface area contributed by atoms with Crippen LogP contribution >= 0.6 is 23.1 Å². The van der Waals surface area contributed by atoms with E-state index in [-0.39, 0.29) is 0 Å². The van der Waals surface area contributed by atoms with Crippen LogP contribution in [0.1, 0.15) is 25.3 Å². The van der Waals surface area contributed by atoms with Gasteiger partial charge in [-0.05, 0) is 30.2 Å². The summed E-state index contributed by atoms with van der Waals surface area (Å²) in [5.74, 6) is 0.892. The Morgan fingerprint density at radius 3 is 2.83 bits per heavy atom. The van der Waals surface area contributed by atoms with Gasteiger partial charge in [-0.1, -0.05) is 48.6 Å². The molecule has 0 aliphatic carbocycles. The number of thioether (sulfide) groups is 1. The number of rotatable bonds is 8. The van der Waals surface area contributed by atoms with Gasteiger partial charge < -0.3 is 5.32 Å². The molecular formula is C16H19N5S2. The number of hydrogen-bond acceptors (Lipinski definition) is 6. The second-order valence-corrected chi connectivity index (χ2v) is 7.26. The Labute approximate surface area is 144 Å². The Balaban J connectivity index is 1.52. The van der Waals surface area contributed by atoms with Crippen LogP contribution in [0, 0.1) is 0 Å². The molecule has 0 saturated carbocycles. The first-order valence-corrected chi connectivity index (χ1v) is 9.44. The number of benzene rings is 1. The summed E-state index contributed by atoms with van der Waals surface area (Å²) in [4.78, 5) is 0. The van der Waals surface area contributed by atoms with Crippen LogP contribution in [0.15, 0.2) is 47.1 Å². The highest BCUT2D eigenvalue weighted by Gasteiger charge is 2.05. The lowest BCUT2D eigenvalue weighted by Gasteiger charge is -2.03. The van der Waals surface area contributed by atoms with Crippen molar-refractivity contribution in [3.8, 4) is 5.69 Å². The van der Waals surface area contributed by atoms with E-state index in [0.29, 0.717) is 0 Å². The van der Waals surface area contributed by atoms with Gasteiger partial charge in [0.2, 0.25) is 5.13 Å². The van der Waals surface area contributed by atoms with Gasteiger partial charge in [0.1, 0.15) is 0 Å². The first-order chi connectivity index (χ1) is 11.3. The lowest BCUT2D eigenvalue weighted by Crippen LogP contribution is -1.99. The minimum Gasteiger partial charge on any atom is -0.360 e. The highest BCUT2D eigenvalue weighted by atomic mass is 32.2. The molecule has 0 bridgehead atoms. The Bertz CT molecular complexity index is 706. The lowest BCUT2D eigenvalue weighted by molar-refractivity contribution is 0.830. The molecule has 120 valence electrons. The largest absolute Gasteiger partial charge is 0.360 e. The summed E-state index contributed by atoms with van der Waals surface area (Å²) in [5.41, 5.74) is 2.34. The summed E-state index contributed by atoms with van der Waals surface area (Å²) in [7, 11) is 0. The highest BCUT2D eigenvalue weighted by Crippen LogP contribution is 2.28. The third-order valence-corrected chi connectivity index (χ3v) is 5.37. The Morgan fingerprint density at radius 2 is 2.09 bits per heavy atom. The first kappa shape index (κ1) is 16.0. The molecule has 1 N–H and O–H groups in total. The van der Waals surface area contributed by atoms with E-state index in [4.69, 9.17) is 0 Å². The van der Waals surface area contributed by atoms with E-state index < -0.39 is 0 Å². The van der Waals surface area contributed by atoms with Crippen molar-refractivity contribution in [3.63, 3.8) is 0 Å². The molecule has 0 spiro atoms. The molecule has 0 radical (unpaired) electrons. The molecule has 0 aliphatic rings. The molecule has 1 aromatic carbocycles. The standard InChI is InChI=1S/C16H19N5S2/c1-2-3-9-17-15-19-20-16(23-15)22-12-13-5-7-14(8-6-13)21-11-4-10-18-21/h4-8,10-11H,2-3,9,12H2,1H3,(H,17,19). The van der Waals surface area contributed by atoms with Gasteiger partial charge >= 0.3 is 0 Å². The minimum absolute atomic E-state index is 0.892. The van der Waals surface area contributed by atoms with E-state index in [1.54, 1.807) is 29.3 Å². The molecule has 0 amide bonds. The summed E-state index contributed by atoms with van der Waals surface area (Å²) < 4.78 is 2.86. The summed E-state index contributed by atoms with van der Waals surface area (Å²) in [6.45, 7) is 3.14. The van der Waals surface area contributed by atoms with Crippen LogP contribution in [-0.2, 0) is 5.75 Å². The monoisotopic (exact) mass is 345 g/mol. The highest BCUT2D eigenvalue weighted by molar-refractivity contribution is 8.00. The quantitative estimate of drug-likeness (QED) is 0.489. The number of anilines is 1. The Morgan fingerprint density at radius 1 is 1.22 bits per heavy atom. The Hall–Kier alpha value is -1.86. The van der Waals surface area contributed by atoms with Crippen molar-refractivity contribution in [1.82, 2.24) is 20.0 Å². The van der Waals surface area contributed by atoms with Crippen molar-refractivity contribution in [1.29, 1.82) is 0 Å². The number of unbranched alkanes of at least 4 members (excludes halogenated alkanes) is 1. The van der Waals surface area contributed by atoms with Crippen LogP contribution in [-0.4, -0.2) is 26.5 Å². The zero-order valence-electron chi connectivity index (χ0n) is 13.0. The number of nitrogens with one attached hydrogen (secondary N) is 1. The SMILES string of the molecule is CCCCNc1nnc(SCc2ccc(-n3cccn3)cc2)s1. The molecule has 7 heteroatoms. The van der Waals surface area contributed by atoms with E-state index in [1.165, 1.54) is 12.0 Å². The van der Waals surface area contributed by atoms with Gasteiger partial charge in [-0.25, -0.2) is 4.68 Å². The van der Waals surface area contributed by atoms with Crippen LogP contribution in [0.5, 0.6) is 0 Å². The predicted octanol–water partition coefficient (Wildman–Crippen LogP) is 4.23. The van der Waals surface area contributed by atoms with Gasteiger partial charge in [-0.2, -0.15) is 5.10 Å². The van der Waals surface area contributed by atoms with Crippen LogP contribution in [0.25, 0.3) is 5.69 Å². The summed E-state index contributed by atoms with van der Waals surface area (Å²) >= 11 is 3.34. The second kappa shape index (κ2) is 8.12. The number of aromatic nitrogens is 4. The maximum Gasteiger partial charge on any atom is 0.206 e. The van der Waals surface area contributed by atoms with Gasteiger partial charge in [-0.15, -0.1) is 10.2 Å². The first-order valence-electron chi connectivity index (χ1n) is 7.64. The fraction of sp³-hybridized carbons (Fsp3) is 0.312. The van der Waals surface area contributed by atoms with Gasteiger partial charge in [0, 0.05) is 24.7 Å². The van der Waals surface area contributed by atoms with Crippen molar-refractivity contribution in [2.45, 2.75) is 29.9 Å². The summed E-state index contributed by atoms with van der Waals surface area (Å²) in [6.07, 6.45) is 6.07. The molecule has 2 aromatic heterocycles. The summed E-state index contributed by atoms with van der Waals surface area (Å²) in [5, 5.41) is 16.8. The maximum absolute atomic E-state index is 4.23. The smallest absolute Gasteiger partial charge is 0.206 e. The van der Waals surface area contributed by atoms with Crippen LogP contribution in [0.3, 0.4) is 0 Å². The lowest BCUT2D eigenvalue weighted by atomic mass is 10.2. The molecule has 0 aliphatic heterocycles. The molecular weight excluding hydrogens is 326 g/mol. The zero-order chi connectivity index (χ0) is 15.9. The fourth-order valence-electron chi connectivity index (χ4n) is 2.02. The van der Waals surface area contributed by atoms with Gasteiger partial charge in [0.15, 0.2) is 4.34 Å². The topological polar surface area (TPSA) is 55.6 Å². The van der Waals surface area contributed by atoms with Gasteiger partial charge in [0.25, 0.3) is 0 Å². The van der Waals surface area contributed by atoms with Crippen molar-refractivity contribution in [3.05, 3.63) is 48.3 Å². The molecule has 0 saturated heterocycles. The molecule has 2 heterocycles. The third-order valence-electron chi connectivity index (χ3n) is 3.28. The molecule has 5 nitrogen and oxygen atoms in total. The van der Waals surface area contributed by atoms with Crippen molar-refractivity contribution in [2.24, 2.45) is 0 Å². The fourth-order valence-corrected chi connectivity index (χ4v) is 3.76. The molecule has 0 fully saturated rings. The van der Waals surface area contributed by atoms with Crippen LogP contribution < -0.4 is 5.32 Å².